The molecule has 0 spiro atoms. The van der Waals surface area contributed by atoms with E-state index in [1.807, 2.05) is 30.5 Å². The Morgan fingerprint density at radius 2 is 1.61 bits per heavy atom. The maximum Gasteiger partial charge on any atom is 0.0935 e. The lowest BCUT2D eigenvalue weighted by Crippen LogP contribution is -1.95. The molecule has 2 aromatic carbocycles. The number of pyridine rings is 2. The van der Waals surface area contributed by atoms with Crippen molar-refractivity contribution in [3.05, 3.63) is 84.1 Å². The van der Waals surface area contributed by atoms with Crippen LogP contribution in [0.15, 0.2) is 72.9 Å². The Kier molecular flexibility index (Phi) is 2.59. The molecule has 5 rings (SSSR count). The van der Waals surface area contributed by atoms with Gasteiger partial charge in [0.15, 0.2) is 0 Å². The highest BCUT2D eigenvalue weighted by atomic mass is 14.8. The van der Waals surface area contributed by atoms with Gasteiger partial charge in [-0.3, -0.25) is 4.98 Å². The van der Waals surface area contributed by atoms with Gasteiger partial charge in [-0.25, -0.2) is 4.98 Å². The molecule has 1 aliphatic carbocycles. The molecule has 0 saturated carbocycles. The molecule has 0 amide bonds. The zero-order valence-electron chi connectivity index (χ0n) is 12.5. The molecule has 0 radical (unpaired) electrons. The summed E-state index contributed by atoms with van der Waals surface area (Å²) in [5.74, 6) is 0. The van der Waals surface area contributed by atoms with Gasteiger partial charge < -0.3 is 0 Å². The fourth-order valence-electron chi connectivity index (χ4n) is 3.55. The van der Waals surface area contributed by atoms with Gasteiger partial charge in [-0.2, -0.15) is 0 Å². The van der Waals surface area contributed by atoms with Crippen LogP contribution in [0.3, 0.4) is 0 Å². The molecule has 1 aliphatic rings. The molecule has 2 nitrogen and oxygen atoms in total. The number of fused-ring (bicyclic) bond motifs is 5. The molecule has 0 aliphatic heterocycles. The molecule has 0 bridgehead atoms. The van der Waals surface area contributed by atoms with Gasteiger partial charge in [0.2, 0.25) is 0 Å². The Balaban J connectivity index is 1.92. The molecule has 0 unspecified atom stereocenters. The predicted octanol–water partition coefficient (Wildman–Crippen LogP) is 4.87. The maximum absolute atomic E-state index is 4.94. The van der Waals surface area contributed by atoms with Gasteiger partial charge in [0.25, 0.3) is 0 Å². The SMILES string of the molecule is c1ccc(-c2nc3ccccc3c3c2Cc2ccccc2-3)nc1. The standard InChI is InChI=1S/C21H14N2/c1-2-8-15-14(7-1)13-17-20(15)16-9-3-4-10-18(16)23-21(17)19-11-5-6-12-22-19/h1-12H,13H2. The number of rotatable bonds is 1. The van der Waals surface area contributed by atoms with E-state index in [2.05, 4.69) is 47.4 Å². The van der Waals surface area contributed by atoms with Crippen LogP contribution in [0, 0.1) is 0 Å². The van der Waals surface area contributed by atoms with Gasteiger partial charge in [-0.1, -0.05) is 48.5 Å². The summed E-state index contributed by atoms with van der Waals surface area (Å²) >= 11 is 0. The van der Waals surface area contributed by atoms with Crippen LogP contribution >= 0.6 is 0 Å². The van der Waals surface area contributed by atoms with Gasteiger partial charge in [0, 0.05) is 18.0 Å². The fourth-order valence-corrected chi connectivity index (χ4v) is 3.55. The minimum atomic E-state index is 0.926. The van der Waals surface area contributed by atoms with Crippen molar-refractivity contribution in [3.63, 3.8) is 0 Å². The van der Waals surface area contributed by atoms with Crippen LogP contribution in [-0.2, 0) is 6.42 Å². The molecule has 23 heavy (non-hydrogen) atoms. The van der Waals surface area contributed by atoms with Crippen LogP contribution in [-0.4, -0.2) is 9.97 Å². The highest BCUT2D eigenvalue weighted by Crippen LogP contribution is 2.44. The number of hydrogen-bond acceptors (Lipinski definition) is 2. The van der Waals surface area contributed by atoms with E-state index in [0.717, 1.165) is 23.3 Å². The van der Waals surface area contributed by atoms with Crippen molar-refractivity contribution in [2.45, 2.75) is 6.42 Å². The molecule has 108 valence electrons. The zero-order valence-corrected chi connectivity index (χ0v) is 12.5. The Hall–Kier alpha value is -3.00. The van der Waals surface area contributed by atoms with E-state index in [9.17, 15) is 0 Å². The van der Waals surface area contributed by atoms with Crippen LogP contribution in [0.5, 0.6) is 0 Å². The monoisotopic (exact) mass is 294 g/mol. The summed E-state index contributed by atoms with van der Waals surface area (Å²) in [6.45, 7) is 0. The van der Waals surface area contributed by atoms with E-state index in [-0.39, 0.29) is 0 Å². The van der Waals surface area contributed by atoms with E-state index >= 15 is 0 Å². The maximum atomic E-state index is 4.94. The average Bonchev–Trinajstić information content (AvgIpc) is 3.01. The molecule has 2 heteroatoms. The van der Waals surface area contributed by atoms with E-state index in [4.69, 9.17) is 4.98 Å². The number of aromatic nitrogens is 2. The topological polar surface area (TPSA) is 25.8 Å². The highest BCUT2D eigenvalue weighted by Gasteiger charge is 2.25. The van der Waals surface area contributed by atoms with E-state index in [0.29, 0.717) is 0 Å². The fraction of sp³-hybridized carbons (Fsp3) is 0.0476. The van der Waals surface area contributed by atoms with E-state index in [1.54, 1.807) is 0 Å². The van der Waals surface area contributed by atoms with Crippen molar-refractivity contribution in [1.82, 2.24) is 9.97 Å². The molecule has 2 aromatic heterocycles. The third kappa shape index (κ3) is 1.82. The highest BCUT2D eigenvalue weighted by molar-refractivity contribution is 6.01. The van der Waals surface area contributed by atoms with Crippen molar-refractivity contribution in [2.24, 2.45) is 0 Å². The van der Waals surface area contributed by atoms with Gasteiger partial charge >= 0.3 is 0 Å². The zero-order chi connectivity index (χ0) is 15.2. The van der Waals surface area contributed by atoms with Crippen molar-refractivity contribution in [3.8, 4) is 22.5 Å². The summed E-state index contributed by atoms with van der Waals surface area (Å²) in [5.41, 5.74) is 8.31. The first-order valence-corrected chi connectivity index (χ1v) is 7.83. The minimum Gasteiger partial charge on any atom is -0.255 e. The number of benzene rings is 2. The van der Waals surface area contributed by atoms with Crippen molar-refractivity contribution in [1.29, 1.82) is 0 Å². The van der Waals surface area contributed by atoms with E-state index < -0.39 is 0 Å². The molecular formula is C21H14N2. The Morgan fingerprint density at radius 3 is 2.52 bits per heavy atom. The first-order chi connectivity index (χ1) is 11.4. The second-order valence-corrected chi connectivity index (χ2v) is 5.88. The largest absolute Gasteiger partial charge is 0.255 e. The minimum absolute atomic E-state index is 0.926. The number of hydrogen-bond donors (Lipinski definition) is 0. The van der Waals surface area contributed by atoms with E-state index in [1.165, 1.54) is 27.6 Å². The lowest BCUT2D eigenvalue weighted by Gasteiger charge is -2.11. The lowest BCUT2D eigenvalue weighted by atomic mass is 9.98. The summed E-state index contributed by atoms with van der Waals surface area (Å²) in [5, 5.41) is 1.23. The normalized spacial score (nSPS) is 12.2. The summed E-state index contributed by atoms with van der Waals surface area (Å²) in [4.78, 5) is 9.47. The Morgan fingerprint density at radius 1 is 0.783 bits per heavy atom. The van der Waals surface area contributed by atoms with Crippen LogP contribution in [0.2, 0.25) is 0 Å². The van der Waals surface area contributed by atoms with Crippen LogP contribution in [0.25, 0.3) is 33.4 Å². The lowest BCUT2D eigenvalue weighted by molar-refractivity contribution is 1.20. The van der Waals surface area contributed by atoms with Gasteiger partial charge in [-0.15, -0.1) is 0 Å². The molecular weight excluding hydrogens is 280 g/mol. The summed E-state index contributed by atoms with van der Waals surface area (Å²) < 4.78 is 0. The predicted molar refractivity (Wildman–Crippen MR) is 93.2 cm³/mol. The third-order valence-electron chi connectivity index (χ3n) is 4.55. The summed E-state index contributed by atoms with van der Waals surface area (Å²) in [6, 6.07) is 23.1. The summed E-state index contributed by atoms with van der Waals surface area (Å²) in [6.07, 6.45) is 2.76. The molecule has 0 fully saturated rings. The first-order valence-electron chi connectivity index (χ1n) is 7.83. The Labute approximate surface area is 134 Å². The molecule has 0 N–H and O–H groups in total. The molecule has 4 aromatic rings. The van der Waals surface area contributed by atoms with Crippen LogP contribution in [0.4, 0.5) is 0 Å². The van der Waals surface area contributed by atoms with Gasteiger partial charge in [0.1, 0.15) is 0 Å². The first kappa shape index (κ1) is 12.5. The molecule has 0 atom stereocenters. The smallest absolute Gasteiger partial charge is 0.0935 e. The second-order valence-electron chi connectivity index (χ2n) is 5.88. The van der Waals surface area contributed by atoms with Gasteiger partial charge in [-0.05, 0) is 40.5 Å². The molecule has 0 saturated heterocycles. The molecule has 2 heterocycles. The Bertz CT molecular complexity index is 1040. The third-order valence-corrected chi connectivity index (χ3v) is 4.55. The number of nitrogens with zero attached hydrogens (tertiary/aromatic N) is 2. The van der Waals surface area contributed by atoms with Crippen LogP contribution < -0.4 is 0 Å². The van der Waals surface area contributed by atoms with Crippen molar-refractivity contribution in [2.75, 3.05) is 0 Å². The number of para-hydroxylation sites is 1. The second kappa shape index (κ2) is 4.75. The average molecular weight is 294 g/mol. The van der Waals surface area contributed by atoms with Crippen molar-refractivity contribution < 1.29 is 0 Å². The van der Waals surface area contributed by atoms with Gasteiger partial charge in [0.05, 0.1) is 16.9 Å². The van der Waals surface area contributed by atoms with Crippen molar-refractivity contribution >= 4 is 10.9 Å². The quantitative estimate of drug-likeness (QED) is 0.441. The van der Waals surface area contributed by atoms with Crippen LogP contribution in [0.1, 0.15) is 11.1 Å². The summed E-state index contributed by atoms with van der Waals surface area (Å²) in [7, 11) is 0.